The highest BCUT2D eigenvalue weighted by atomic mass is 17.2. The van der Waals surface area contributed by atoms with Crippen LogP contribution in [0.5, 0.6) is 5.75 Å². The van der Waals surface area contributed by atoms with Crippen LogP contribution in [0, 0.1) is 6.92 Å². The van der Waals surface area contributed by atoms with Crippen molar-refractivity contribution in [3.05, 3.63) is 64.3 Å². The Morgan fingerprint density at radius 1 is 1.11 bits per heavy atom. The normalized spacial score (nSPS) is 12.6. The predicted molar refractivity (Wildman–Crippen MR) is 102 cm³/mol. The average Bonchev–Trinajstić information content (AvgIpc) is 3.29. The molecular weight excluding hydrogens is 362 g/mol. The SMILES string of the molecule is Cc1cnc(Nc2ccc3c(c2)OOC3)nc1Nc1ccc2oc(=O)[nH]c2c1. The minimum absolute atomic E-state index is 0.435. The highest BCUT2D eigenvalue weighted by Gasteiger charge is 2.14. The van der Waals surface area contributed by atoms with Gasteiger partial charge in [0.2, 0.25) is 5.95 Å². The Labute approximate surface area is 158 Å². The second-order valence-corrected chi connectivity index (χ2v) is 6.37. The van der Waals surface area contributed by atoms with Crippen LogP contribution in [0.15, 0.2) is 51.8 Å². The van der Waals surface area contributed by atoms with E-state index in [4.69, 9.17) is 14.2 Å². The van der Waals surface area contributed by atoms with Crippen molar-refractivity contribution in [3.8, 4) is 5.75 Å². The van der Waals surface area contributed by atoms with Crippen LogP contribution in [-0.4, -0.2) is 15.0 Å². The third-order valence-corrected chi connectivity index (χ3v) is 4.34. The van der Waals surface area contributed by atoms with E-state index >= 15 is 0 Å². The van der Waals surface area contributed by atoms with Crippen LogP contribution in [0.3, 0.4) is 0 Å². The summed E-state index contributed by atoms with van der Waals surface area (Å²) in [4.78, 5) is 32.9. The zero-order valence-corrected chi connectivity index (χ0v) is 14.8. The maximum atomic E-state index is 11.3. The van der Waals surface area contributed by atoms with Crippen molar-refractivity contribution in [1.29, 1.82) is 0 Å². The summed E-state index contributed by atoms with van der Waals surface area (Å²) >= 11 is 0. The molecule has 5 rings (SSSR count). The van der Waals surface area contributed by atoms with Crippen molar-refractivity contribution in [2.75, 3.05) is 10.6 Å². The van der Waals surface area contributed by atoms with E-state index in [2.05, 4.69) is 25.6 Å². The fraction of sp³-hybridized carbons (Fsp3) is 0.105. The third kappa shape index (κ3) is 3.03. The van der Waals surface area contributed by atoms with Gasteiger partial charge < -0.3 is 19.9 Å². The van der Waals surface area contributed by atoms with E-state index in [0.717, 1.165) is 22.5 Å². The molecule has 140 valence electrons. The average molecular weight is 377 g/mol. The van der Waals surface area contributed by atoms with Gasteiger partial charge in [-0.1, -0.05) is 6.07 Å². The highest BCUT2D eigenvalue weighted by molar-refractivity contribution is 5.78. The lowest BCUT2D eigenvalue weighted by atomic mass is 10.2. The number of hydrogen-bond acceptors (Lipinski definition) is 8. The molecule has 0 saturated carbocycles. The van der Waals surface area contributed by atoms with E-state index in [1.54, 1.807) is 18.3 Å². The highest BCUT2D eigenvalue weighted by Crippen LogP contribution is 2.30. The Balaban J connectivity index is 1.41. The predicted octanol–water partition coefficient (Wildman–Crippen LogP) is 3.53. The Morgan fingerprint density at radius 2 is 1.96 bits per heavy atom. The zero-order valence-electron chi connectivity index (χ0n) is 14.8. The number of aromatic nitrogens is 3. The molecule has 0 unspecified atom stereocenters. The number of aromatic amines is 1. The summed E-state index contributed by atoms with van der Waals surface area (Å²) in [5.41, 5.74) is 4.53. The first-order chi connectivity index (χ1) is 13.6. The smallest absolute Gasteiger partial charge is 0.408 e. The van der Waals surface area contributed by atoms with Gasteiger partial charge in [-0.15, -0.1) is 0 Å². The molecule has 1 aliphatic rings. The summed E-state index contributed by atoms with van der Waals surface area (Å²) in [6.07, 6.45) is 1.73. The van der Waals surface area contributed by atoms with Crippen LogP contribution in [0.1, 0.15) is 11.1 Å². The van der Waals surface area contributed by atoms with Crippen LogP contribution in [-0.2, 0) is 11.5 Å². The second kappa shape index (κ2) is 6.39. The van der Waals surface area contributed by atoms with Crippen LogP contribution in [0.2, 0.25) is 0 Å². The van der Waals surface area contributed by atoms with Gasteiger partial charge in [0.1, 0.15) is 12.4 Å². The van der Waals surface area contributed by atoms with Gasteiger partial charge in [-0.25, -0.2) is 9.78 Å². The lowest BCUT2D eigenvalue weighted by Gasteiger charge is -2.11. The lowest BCUT2D eigenvalue weighted by Crippen LogP contribution is -2.03. The summed E-state index contributed by atoms with van der Waals surface area (Å²) in [6.45, 7) is 2.35. The van der Waals surface area contributed by atoms with Crippen LogP contribution >= 0.6 is 0 Å². The number of oxazole rings is 1. The number of H-pyrrole nitrogens is 1. The Bertz CT molecular complexity index is 1250. The van der Waals surface area contributed by atoms with Crippen LogP contribution < -0.4 is 21.3 Å². The van der Waals surface area contributed by atoms with E-state index in [9.17, 15) is 4.79 Å². The third-order valence-electron chi connectivity index (χ3n) is 4.34. The number of rotatable bonds is 4. The van der Waals surface area contributed by atoms with Gasteiger partial charge in [0.05, 0.1) is 5.52 Å². The van der Waals surface area contributed by atoms with Gasteiger partial charge >= 0.3 is 5.76 Å². The molecule has 0 spiro atoms. The van der Waals surface area contributed by atoms with Crippen molar-refractivity contribution in [3.63, 3.8) is 0 Å². The standard InChI is InChI=1S/C19H15N5O4/c1-10-8-20-18(22-13-3-2-11-9-26-28-16(11)7-13)24-17(10)21-12-4-5-15-14(6-12)23-19(25)27-15/h2-8H,9H2,1H3,(H,23,25)(H2,20,21,22,24). The Hall–Kier alpha value is -3.85. The number of nitrogens with zero attached hydrogens (tertiary/aromatic N) is 2. The molecule has 0 bridgehead atoms. The number of hydrogen-bond donors (Lipinski definition) is 3. The molecule has 28 heavy (non-hydrogen) atoms. The molecule has 0 fully saturated rings. The van der Waals surface area contributed by atoms with Crippen molar-refractivity contribution >= 4 is 34.2 Å². The van der Waals surface area contributed by atoms with E-state index in [0.29, 0.717) is 35.2 Å². The quantitative estimate of drug-likeness (QED) is 0.463. The van der Waals surface area contributed by atoms with Crippen LogP contribution in [0.25, 0.3) is 11.1 Å². The number of anilines is 4. The van der Waals surface area contributed by atoms with Gasteiger partial charge in [0, 0.05) is 34.8 Å². The van der Waals surface area contributed by atoms with Gasteiger partial charge in [-0.3, -0.25) is 4.98 Å². The van der Waals surface area contributed by atoms with Crippen molar-refractivity contribution < 1.29 is 14.2 Å². The summed E-state index contributed by atoms with van der Waals surface area (Å²) in [7, 11) is 0. The molecule has 2 aromatic carbocycles. The molecule has 9 heteroatoms. The number of aryl methyl sites for hydroxylation is 1. The summed E-state index contributed by atoms with van der Waals surface area (Å²) < 4.78 is 5.02. The van der Waals surface area contributed by atoms with Crippen molar-refractivity contribution in [1.82, 2.24) is 15.0 Å². The summed E-state index contributed by atoms with van der Waals surface area (Å²) in [5, 5.41) is 6.40. The summed E-state index contributed by atoms with van der Waals surface area (Å²) in [5.74, 6) is 1.27. The molecule has 2 aromatic heterocycles. The zero-order chi connectivity index (χ0) is 19.1. The van der Waals surface area contributed by atoms with Gasteiger partial charge in [0.25, 0.3) is 0 Å². The molecule has 3 heterocycles. The molecular formula is C19H15N5O4. The number of benzene rings is 2. The van der Waals surface area contributed by atoms with Crippen LogP contribution in [0.4, 0.5) is 23.1 Å². The van der Waals surface area contributed by atoms with Crippen molar-refractivity contribution in [2.24, 2.45) is 0 Å². The molecule has 4 aromatic rings. The first kappa shape index (κ1) is 16.3. The topological polar surface area (TPSA) is 114 Å². The Morgan fingerprint density at radius 3 is 2.89 bits per heavy atom. The first-order valence-corrected chi connectivity index (χ1v) is 8.57. The maximum absolute atomic E-state index is 11.3. The Kier molecular flexibility index (Phi) is 3.73. The summed E-state index contributed by atoms with van der Waals surface area (Å²) in [6, 6.07) is 11.0. The molecule has 9 nitrogen and oxygen atoms in total. The van der Waals surface area contributed by atoms with E-state index < -0.39 is 5.76 Å². The molecule has 0 atom stereocenters. The van der Waals surface area contributed by atoms with Gasteiger partial charge in [-0.2, -0.15) is 9.87 Å². The molecule has 0 aliphatic carbocycles. The van der Waals surface area contributed by atoms with E-state index in [1.807, 2.05) is 31.2 Å². The van der Waals surface area contributed by atoms with Crippen molar-refractivity contribution in [2.45, 2.75) is 13.5 Å². The fourth-order valence-corrected chi connectivity index (χ4v) is 2.91. The van der Waals surface area contributed by atoms with Gasteiger partial charge in [0.15, 0.2) is 11.3 Å². The molecule has 0 radical (unpaired) electrons. The lowest BCUT2D eigenvalue weighted by molar-refractivity contribution is -0.194. The molecule has 0 saturated heterocycles. The van der Waals surface area contributed by atoms with E-state index in [-0.39, 0.29) is 0 Å². The van der Waals surface area contributed by atoms with Gasteiger partial charge in [-0.05, 0) is 31.2 Å². The molecule has 1 aliphatic heterocycles. The first-order valence-electron chi connectivity index (χ1n) is 8.57. The second-order valence-electron chi connectivity index (χ2n) is 6.37. The number of nitrogens with one attached hydrogen (secondary N) is 3. The monoisotopic (exact) mass is 377 g/mol. The molecule has 0 amide bonds. The fourth-order valence-electron chi connectivity index (χ4n) is 2.91. The molecule has 3 N–H and O–H groups in total. The van der Waals surface area contributed by atoms with E-state index in [1.165, 1.54) is 0 Å². The minimum atomic E-state index is -0.486. The maximum Gasteiger partial charge on any atom is 0.417 e. The minimum Gasteiger partial charge on any atom is -0.408 e. The number of fused-ring (bicyclic) bond motifs is 2. The largest absolute Gasteiger partial charge is 0.417 e.